The van der Waals surface area contributed by atoms with E-state index in [9.17, 15) is 31.5 Å². The minimum absolute atomic E-state index is 0.0970. The van der Waals surface area contributed by atoms with E-state index in [-0.39, 0.29) is 5.56 Å². The summed E-state index contributed by atoms with van der Waals surface area (Å²) in [6, 6.07) is 7.93. The topological polar surface area (TPSA) is 58.2 Å². The Morgan fingerprint density at radius 1 is 0.833 bits per heavy atom. The van der Waals surface area contributed by atoms with Crippen LogP contribution in [-0.2, 0) is 4.79 Å². The van der Waals surface area contributed by atoms with Gasteiger partial charge in [-0.3, -0.25) is 9.59 Å². The molecule has 2 rings (SSSR count). The normalized spacial score (nSPS) is 10.6. The van der Waals surface area contributed by atoms with Gasteiger partial charge in [0.1, 0.15) is 0 Å². The number of amides is 2. The van der Waals surface area contributed by atoms with Crippen molar-refractivity contribution in [2.45, 2.75) is 6.43 Å². The van der Waals surface area contributed by atoms with Crippen LogP contribution in [0, 0.1) is 17.5 Å². The second-order valence-corrected chi connectivity index (χ2v) is 4.52. The highest BCUT2D eigenvalue weighted by Crippen LogP contribution is 2.28. The molecule has 0 heterocycles. The largest absolute Gasteiger partial charge is 0.319 e. The molecular weight excluding hydrogens is 335 g/mol. The SMILES string of the molecule is O=C(Nc1cc(NC(=O)C(F)F)c(F)c(F)c1F)c1ccccc1. The Balaban J connectivity index is 2.34. The van der Waals surface area contributed by atoms with E-state index in [1.807, 2.05) is 5.32 Å². The van der Waals surface area contributed by atoms with Crippen molar-refractivity contribution in [3.05, 3.63) is 59.4 Å². The van der Waals surface area contributed by atoms with Crippen molar-refractivity contribution in [3.63, 3.8) is 0 Å². The summed E-state index contributed by atoms with van der Waals surface area (Å²) in [5.41, 5.74) is -1.74. The first-order valence-corrected chi connectivity index (χ1v) is 6.44. The molecule has 0 aromatic heterocycles. The standard InChI is InChI=1S/C15H9F5N2O2/c16-10-8(21-14(23)7-4-2-1-3-5-7)6-9(11(17)12(10)18)22-15(24)13(19)20/h1-6,13H,(H,21,23)(H,22,24). The summed E-state index contributed by atoms with van der Waals surface area (Å²) < 4.78 is 65.2. The number of rotatable bonds is 4. The lowest BCUT2D eigenvalue weighted by molar-refractivity contribution is -0.126. The molecule has 2 aromatic rings. The predicted molar refractivity (Wildman–Crippen MR) is 75.3 cm³/mol. The van der Waals surface area contributed by atoms with E-state index in [1.165, 1.54) is 29.6 Å². The molecule has 0 aliphatic heterocycles. The summed E-state index contributed by atoms with van der Waals surface area (Å²) in [5.74, 6) is -8.36. The van der Waals surface area contributed by atoms with Crippen LogP contribution in [0.5, 0.6) is 0 Å². The van der Waals surface area contributed by atoms with Crippen molar-refractivity contribution in [1.29, 1.82) is 0 Å². The zero-order valence-corrected chi connectivity index (χ0v) is 11.7. The summed E-state index contributed by atoms with van der Waals surface area (Å²) in [4.78, 5) is 22.8. The first kappa shape index (κ1) is 17.4. The van der Waals surface area contributed by atoms with Crippen LogP contribution in [0.15, 0.2) is 36.4 Å². The number of anilines is 2. The van der Waals surface area contributed by atoms with E-state index < -0.39 is 47.1 Å². The molecule has 4 nitrogen and oxygen atoms in total. The lowest BCUT2D eigenvalue weighted by atomic mass is 10.2. The smallest absolute Gasteiger partial charge is 0.315 e. The van der Waals surface area contributed by atoms with Gasteiger partial charge >= 0.3 is 6.43 Å². The molecule has 0 radical (unpaired) electrons. The Morgan fingerprint density at radius 3 is 1.92 bits per heavy atom. The zero-order chi connectivity index (χ0) is 17.9. The zero-order valence-electron chi connectivity index (χ0n) is 11.7. The third-order valence-corrected chi connectivity index (χ3v) is 2.89. The molecule has 0 aliphatic carbocycles. The Labute approximate surface area is 132 Å². The van der Waals surface area contributed by atoms with Crippen molar-refractivity contribution < 1.29 is 31.5 Å². The van der Waals surface area contributed by atoms with E-state index in [0.29, 0.717) is 6.07 Å². The third-order valence-electron chi connectivity index (χ3n) is 2.89. The number of alkyl halides is 2. The third kappa shape index (κ3) is 3.67. The van der Waals surface area contributed by atoms with Crippen molar-refractivity contribution in [2.24, 2.45) is 0 Å². The van der Waals surface area contributed by atoms with Crippen LogP contribution in [0.3, 0.4) is 0 Å². The van der Waals surface area contributed by atoms with Gasteiger partial charge in [0.15, 0.2) is 17.5 Å². The second-order valence-electron chi connectivity index (χ2n) is 4.52. The quantitative estimate of drug-likeness (QED) is 0.658. The fraction of sp³-hybridized carbons (Fsp3) is 0.0667. The minimum atomic E-state index is -3.49. The van der Waals surface area contributed by atoms with Crippen LogP contribution in [-0.4, -0.2) is 18.2 Å². The van der Waals surface area contributed by atoms with E-state index in [1.54, 1.807) is 6.07 Å². The van der Waals surface area contributed by atoms with Crippen LogP contribution in [0.4, 0.5) is 33.3 Å². The van der Waals surface area contributed by atoms with Gasteiger partial charge in [-0.05, 0) is 18.2 Å². The van der Waals surface area contributed by atoms with Crippen molar-refractivity contribution >= 4 is 23.2 Å². The minimum Gasteiger partial charge on any atom is -0.319 e. The maximum atomic E-state index is 13.7. The van der Waals surface area contributed by atoms with Gasteiger partial charge < -0.3 is 10.6 Å². The fourth-order valence-electron chi connectivity index (χ4n) is 1.76. The van der Waals surface area contributed by atoms with Gasteiger partial charge in [0.2, 0.25) is 0 Å². The van der Waals surface area contributed by atoms with E-state index in [2.05, 4.69) is 0 Å². The van der Waals surface area contributed by atoms with Gasteiger partial charge in [-0.15, -0.1) is 0 Å². The lowest BCUT2D eigenvalue weighted by Crippen LogP contribution is -2.22. The Hall–Kier alpha value is -2.97. The average Bonchev–Trinajstić information content (AvgIpc) is 2.57. The number of carbonyl (C=O) groups excluding carboxylic acids is 2. The monoisotopic (exact) mass is 344 g/mol. The van der Waals surface area contributed by atoms with E-state index in [4.69, 9.17) is 0 Å². The highest BCUT2D eigenvalue weighted by molar-refractivity contribution is 6.04. The molecule has 24 heavy (non-hydrogen) atoms. The van der Waals surface area contributed by atoms with Crippen LogP contribution in [0.2, 0.25) is 0 Å². The number of hydrogen-bond donors (Lipinski definition) is 2. The van der Waals surface area contributed by atoms with E-state index in [0.717, 1.165) is 0 Å². The van der Waals surface area contributed by atoms with Gasteiger partial charge in [0, 0.05) is 5.56 Å². The highest BCUT2D eigenvalue weighted by Gasteiger charge is 2.23. The summed E-state index contributed by atoms with van der Waals surface area (Å²) >= 11 is 0. The Bertz CT molecular complexity index is 781. The van der Waals surface area contributed by atoms with Crippen LogP contribution in [0.25, 0.3) is 0 Å². The molecule has 0 atom stereocenters. The van der Waals surface area contributed by atoms with Crippen molar-refractivity contribution in [1.82, 2.24) is 0 Å². The number of benzene rings is 2. The fourth-order valence-corrected chi connectivity index (χ4v) is 1.76. The molecule has 2 aromatic carbocycles. The molecule has 0 saturated carbocycles. The van der Waals surface area contributed by atoms with Crippen molar-refractivity contribution in [2.75, 3.05) is 10.6 Å². The number of hydrogen-bond acceptors (Lipinski definition) is 2. The maximum absolute atomic E-state index is 13.7. The molecule has 0 saturated heterocycles. The molecule has 0 aliphatic rings. The van der Waals surface area contributed by atoms with Gasteiger partial charge in [-0.25, -0.2) is 13.2 Å². The molecule has 0 unspecified atom stereocenters. The summed E-state index contributed by atoms with van der Waals surface area (Å²) in [5, 5.41) is 3.39. The summed E-state index contributed by atoms with van der Waals surface area (Å²) in [7, 11) is 0. The number of nitrogens with one attached hydrogen (secondary N) is 2. The first-order chi connectivity index (χ1) is 11.3. The van der Waals surface area contributed by atoms with Gasteiger partial charge in [-0.1, -0.05) is 18.2 Å². The molecule has 0 spiro atoms. The maximum Gasteiger partial charge on any atom is 0.315 e. The lowest BCUT2D eigenvalue weighted by Gasteiger charge is -2.12. The predicted octanol–water partition coefficient (Wildman–Crippen LogP) is 3.56. The number of carbonyl (C=O) groups is 2. The van der Waals surface area contributed by atoms with Gasteiger partial charge in [-0.2, -0.15) is 8.78 Å². The molecule has 126 valence electrons. The Morgan fingerprint density at radius 2 is 1.38 bits per heavy atom. The molecule has 9 heteroatoms. The molecular formula is C15H9F5N2O2. The first-order valence-electron chi connectivity index (χ1n) is 6.44. The van der Waals surface area contributed by atoms with E-state index >= 15 is 0 Å². The molecule has 0 fully saturated rings. The summed E-state index contributed by atoms with van der Waals surface area (Å²) in [6.07, 6.45) is -3.49. The van der Waals surface area contributed by atoms with Crippen LogP contribution < -0.4 is 10.6 Å². The molecule has 0 bridgehead atoms. The molecule has 2 amide bonds. The van der Waals surface area contributed by atoms with Gasteiger partial charge in [0.05, 0.1) is 11.4 Å². The highest BCUT2D eigenvalue weighted by atomic mass is 19.3. The van der Waals surface area contributed by atoms with Crippen LogP contribution in [0.1, 0.15) is 10.4 Å². The van der Waals surface area contributed by atoms with Crippen molar-refractivity contribution in [3.8, 4) is 0 Å². The number of halogens is 5. The second kappa shape index (κ2) is 7.07. The van der Waals surface area contributed by atoms with Crippen LogP contribution >= 0.6 is 0 Å². The average molecular weight is 344 g/mol. The molecule has 2 N–H and O–H groups in total. The Kier molecular flexibility index (Phi) is 5.12. The summed E-state index contributed by atoms with van der Waals surface area (Å²) in [6.45, 7) is 0. The van der Waals surface area contributed by atoms with Gasteiger partial charge in [0.25, 0.3) is 11.8 Å².